The molecule has 0 spiro atoms. The van der Waals surface area contributed by atoms with Crippen LogP contribution in [0.1, 0.15) is 30.0 Å². The summed E-state index contributed by atoms with van der Waals surface area (Å²) in [6.45, 7) is 4.63. The molecule has 3 aromatic rings. The zero-order chi connectivity index (χ0) is 20.6. The monoisotopic (exact) mass is 413 g/mol. The van der Waals surface area contributed by atoms with Crippen LogP contribution in [0.4, 0.5) is 11.4 Å². The molecular weight excluding hydrogens is 394 g/mol. The van der Waals surface area contributed by atoms with Crippen LogP contribution in [0.15, 0.2) is 73.3 Å². The molecule has 0 bridgehead atoms. The van der Waals surface area contributed by atoms with Crippen molar-refractivity contribution in [3.05, 3.63) is 66.5 Å². The highest BCUT2D eigenvalue weighted by Crippen LogP contribution is 2.36. The minimum Gasteiger partial charge on any atom is -0.472 e. The maximum atomic E-state index is 12.9. The Balaban J connectivity index is 1.76. The summed E-state index contributed by atoms with van der Waals surface area (Å²) >= 11 is 0. The van der Waals surface area contributed by atoms with E-state index in [4.69, 9.17) is 8.83 Å². The zero-order valence-electron chi connectivity index (χ0n) is 15.8. The number of hydrogen-bond donors (Lipinski definition) is 1. The van der Waals surface area contributed by atoms with Gasteiger partial charge in [-0.25, -0.2) is 0 Å². The third kappa shape index (κ3) is 3.68. The van der Waals surface area contributed by atoms with Crippen LogP contribution in [-0.4, -0.2) is 26.7 Å². The smallest absolute Gasteiger partial charge is 0.291 e. The lowest BCUT2D eigenvalue weighted by molar-refractivity contribution is 0.0996. The second-order valence-electron chi connectivity index (χ2n) is 7.02. The summed E-state index contributed by atoms with van der Waals surface area (Å²) in [6.07, 6.45) is 4.33. The lowest BCUT2D eigenvalue weighted by Gasteiger charge is -2.32. The number of rotatable bonds is 5. The van der Waals surface area contributed by atoms with Crippen LogP contribution in [0.2, 0.25) is 0 Å². The molecule has 150 valence electrons. The number of carbonyl (C=O) groups excluding carboxylic acids is 1. The van der Waals surface area contributed by atoms with Crippen LogP contribution in [0.3, 0.4) is 0 Å². The van der Waals surface area contributed by atoms with E-state index >= 15 is 0 Å². The van der Waals surface area contributed by atoms with E-state index in [-0.39, 0.29) is 16.6 Å². The fourth-order valence-electron chi connectivity index (χ4n) is 3.10. The maximum absolute atomic E-state index is 12.9. The van der Waals surface area contributed by atoms with Crippen LogP contribution >= 0.6 is 0 Å². The first-order valence-electron chi connectivity index (χ1n) is 8.99. The van der Waals surface area contributed by atoms with E-state index in [1.54, 1.807) is 24.3 Å². The van der Waals surface area contributed by atoms with Crippen molar-refractivity contribution in [2.45, 2.75) is 18.7 Å². The molecule has 3 heterocycles. The van der Waals surface area contributed by atoms with E-state index in [1.807, 2.05) is 18.7 Å². The quantitative estimate of drug-likeness (QED) is 0.683. The molecular formula is C20H19N3O5S. The standard InChI is InChI=1S/C20H19N3O5S/c1-13(2)11-23-16-6-5-15(21-20(24)17-4-3-8-28-17)10-18(16)29(25,26)22-19(23)14-7-9-27-12-14/h3-10,12-13H,11H2,1-2H3,(H,21,24). The molecule has 0 saturated heterocycles. The van der Waals surface area contributed by atoms with Crippen molar-refractivity contribution in [3.8, 4) is 0 Å². The van der Waals surface area contributed by atoms with Gasteiger partial charge in [-0.3, -0.25) is 4.79 Å². The molecule has 0 unspecified atom stereocenters. The number of nitrogens with one attached hydrogen (secondary N) is 1. The predicted molar refractivity (Wildman–Crippen MR) is 108 cm³/mol. The Morgan fingerprint density at radius 1 is 1.21 bits per heavy atom. The molecule has 0 atom stereocenters. The zero-order valence-corrected chi connectivity index (χ0v) is 16.6. The number of anilines is 2. The highest BCUT2D eigenvalue weighted by Gasteiger charge is 2.32. The molecule has 0 fully saturated rings. The molecule has 0 aliphatic carbocycles. The average molecular weight is 413 g/mol. The Bertz CT molecular complexity index is 1160. The Labute approximate surface area is 167 Å². The second-order valence-corrected chi connectivity index (χ2v) is 8.59. The second kappa shape index (κ2) is 7.25. The fourth-order valence-corrected chi connectivity index (χ4v) is 4.35. The first kappa shape index (κ1) is 19.0. The number of hydrogen-bond acceptors (Lipinski definition) is 6. The van der Waals surface area contributed by atoms with Crippen LogP contribution in [-0.2, 0) is 10.0 Å². The minimum absolute atomic E-state index is 0.0302. The lowest BCUT2D eigenvalue weighted by Crippen LogP contribution is -2.38. The molecule has 1 aliphatic heterocycles. The molecule has 1 aromatic carbocycles. The molecule has 2 aromatic heterocycles. The van der Waals surface area contributed by atoms with Gasteiger partial charge in [0.15, 0.2) is 11.6 Å². The Morgan fingerprint density at radius 2 is 2.03 bits per heavy atom. The first-order valence-corrected chi connectivity index (χ1v) is 10.4. The number of benzene rings is 1. The summed E-state index contributed by atoms with van der Waals surface area (Å²) in [6, 6.07) is 9.53. The lowest BCUT2D eigenvalue weighted by atomic mass is 10.1. The summed E-state index contributed by atoms with van der Waals surface area (Å²) in [5.74, 6) is 0.225. The van der Waals surface area contributed by atoms with Gasteiger partial charge in [0.2, 0.25) is 0 Å². The highest BCUT2D eigenvalue weighted by molar-refractivity contribution is 7.90. The maximum Gasteiger partial charge on any atom is 0.291 e. The van der Waals surface area contributed by atoms with Gasteiger partial charge in [0.05, 0.1) is 23.8 Å². The van der Waals surface area contributed by atoms with Crippen LogP contribution in [0.25, 0.3) is 0 Å². The molecule has 8 nitrogen and oxygen atoms in total. The van der Waals surface area contributed by atoms with Gasteiger partial charge in [-0.1, -0.05) is 13.8 Å². The van der Waals surface area contributed by atoms with Crippen molar-refractivity contribution in [1.29, 1.82) is 0 Å². The molecule has 0 radical (unpaired) electrons. The number of amides is 1. The van der Waals surface area contributed by atoms with Gasteiger partial charge in [0.1, 0.15) is 11.2 Å². The van der Waals surface area contributed by atoms with Gasteiger partial charge in [-0.2, -0.15) is 8.42 Å². The summed E-state index contributed by atoms with van der Waals surface area (Å²) in [5, 5.41) is 2.65. The van der Waals surface area contributed by atoms with E-state index in [9.17, 15) is 13.2 Å². The molecule has 29 heavy (non-hydrogen) atoms. The molecule has 1 aliphatic rings. The normalized spacial score (nSPS) is 15.1. The van der Waals surface area contributed by atoms with E-state index in [1.165, 1.54) is 30.9 Å². The average Bonchev–Trinajstić information content (AvgIpc) is 3.37. The third-order valence-corrected chi connectivity index (χ3v) is 5.62. The summed E-state index contributed by atoms with van der Waals surface area (Å²) in [4.78, 5) is 14.1. The minimum atomic E-state index is -3.97. The van der Waals surface area contributed by atoms with E-state index in [2.05, 4.69) is 9.71 Å². The van der Waals surface area contributed by atoms with E-state index in [0.29, 0.717) is 29.3 Å². The van der Waals surface area contributed by atoms with Crippen LogP contribution < -0.4 is 10.2 Å². The third-order valence-electron chi connectivity index (χ3n) is 4.32. The van der Waals surface area contributed by atoms with Gasteiger partial charge in [-0.05, 0) is 42.3 Å². The molecule has 4 rings (SSSR count). The summed E-state index contributed by atoms with van der Waals surface area (Å²) in [5.41, 5.74) is 1.41. The highest BCUT2D eigenvalue weighted by atomic mass is 32.2. The van der Waals surface area contributed by atoms with Crippen molar-refractivity contribution in [3.63, 3.8) is 0 Å². The van der Waals surface area contributed by atoms with Gasteiger partial charge in [0.25, 0.3) is 15.9 Å². The molecule has 1 amide bonds. The molecule has 9 heteroatoms. The number of fused-ring (bicyclic) bond motifs is 1. The van der Waals surface area contributed by atoms with E-state index in [0.717, 1.165) is 0 Å². The van der Waals surface area contributed by atoms with E-state index < -0.39 is 15.9 Å². The van der Waals surface area contributed by atoms with Crippen LogP contribution in [0.5, 0.6) is 0 Å². The Hall–Kier alpha value is -3.33. The summed E-state index contributed by atoms with van der Waals surface area (Å²) < 4.78 is 40.0. The van der Waals surface area contributed by atoms with Crippen LogP contribution in [0, 0.1) is 5.92 Å². The van der Waals surface area contributed by atoms with Gasteiger partial charge >= 0.3 is 0 Å². The van der Waals surface area contributed by atoms with Gasteiger partial charge in [-0.15, -0.1) is 4.40 Å². The molecule has 1 N–H and O–H groups in total. The van der Waals surface area contributed by atoms with Crippen molar-refractivity contribution < 1.29 is 22.0 Å². The number of carbonyl (C=O) groups is 1. The summed E-state index contributed by atoms with van der Waals surface area (Å²) in [7, 11) is -3.97. The number of sulfonamides is 1. The van der Waals surface area contributed by atoms with Crippen molar-refractivity contribution in [1.82, 2.24) is 0 Å². The molecule has 0 saturated carbocycles. The fraction of sp³-hybridized carbons (Fsp3) is 0.200. The van der Waals surface area contributed by atoms with Gasteiger partial charge in [0, 0.05) is 12.2 Å². The number of amidine groups is 1. The number of furan rings is 2. The first-order chi connectivity index (χ1) is 13.8. The topological polar surface area (TPSA) is 105 Å². The van der Waals surface area contributed by atoms with Crippen molar-refractivity contribution >= 4 is 33.1 Å². The Morgan fingerprint density at radius 3 is 2.69 bits per heavy atom. The number of nitrogens with zero attached hydrogens (tertiary/aromatic N) is 2. The van der Waals surface area contributed by atoms with Crippen molar-refractivity contribution in [2.24, 2.45) is 10.3 Å². The SMILES string of the molecule is CC(C)CN1C(c2ccoc2)=NS(=O)(=O)c2cc(NC(=O)c3ccco3)ccc21. The van der Waals surface area contributed by atoms with Crippen molar-refractivity contribution in [2.75, 3.05) is 16.8 Å². The largest absolute Gasteiger partial charge is 0.472 e. The Kier molecular flexibility index (Phi) is 4.75. The van der Waals surface area contributed by atoms with Gasteiger partial charge < -0.3 is 19.1 Å². The predicted octanol–water partition coefficient (Wildman–Crippen LogP) is 3.74.